The number of rotatable bonds is 15. The summed E-state index contributed by atoms with van der Waals surface area (Å²) in [5.74, 6) is -0.938. The minimum absolute atomic E-state index is 0.0264. The van der Waals surface area contributed by atoms with Crippen LogP contribution in [-0.2, 0) is 14.4 Å². The molecule has 45 heavy (non-hydrogen) atoms. The summed E-state index contributed by atoms with van der Waals surface area (Å²) in [5.41, 5.74) is 4.15. The third kappa shape index (κ3) is 10.8. The molecule has 2 heterocycles. The molecular formula is C33H49N5O6S. The normalized spacial score (nSPS) is 17.9. The molecule has 1 aromatic heterocycles. The molecule has 1 fully saturated rings. The first-order chi connectivity index (χ1) is 21.3. The highest BCUT2D eigenvalue weighted by molar-refractivity contribution is 7.13. The average Bonchev–Trinajstić information content (AvgIpc) is 3.59. The number of likely N-dealkylation sites (tertiary alicyclic amines) is 1. The molecule has 2 aromatic rings. The Morgan fingerprint density at radius 2 is 1.67 bits per heavy atom. The Morgan fingerprint density at radius 1 is 1.02 bits per heavy atom. The van der Waals surface area contributed by atoms with Gasteiger partial charge in [0.2, 0.25) is 17.7 Å². The number of aromatic nitrogens is 1. The van der Waals surface area contributed by atoms with Gasteiger partial charge in [0, 0.05) is 25.9 Å². The number of thiazole rings is 1. The smallest absolute Gasteiger partial charge is 0.404 e. The number of amides is 4. The Labute approximate surface area is 270 Å². The van der Waals surface area contributed by atoms with Gasteiger partial charge in [0.05, 0.1) is 28.2 Å². The number of carboxylic acid groups (broad SMARTS) is 1. The minimum atomic E-state index is -1.01. The van der Waals surface area contributed by atoms with Gasteiger partial charge in [0.1, 0.15) is 12.1 Å². The number of carbonyl (C=O) groups is 4. The second kappa shape index (κ2) is 16.7. The van der Waals surface area contributed by atoms with Crippen molar-refractivity contribution in [2.45, 2.75) is 110 Å². The highest BCUT2D eigenvalue weighted by Gasteiger charge is 2.44. The van der Waals surface area contributed by atoms with Gasteiger partial charge in [-0.15, -0.1) is 11.3 Å². The second-order valence-electron chi connectivity index (χ2n) is 13.0. The fraction of sp³-hybridized carbons (Fsp3) is 0.606. The van der Waals surface area contributed by atoms with E-state index in [1.165, 1.54) is 4.90 Å². The minimum Gasteiger partial charge on any atom is -0.465 e. The summed E-state index contributed by atoms with van der Waals surface area (Å²) in [5, 5.41) is 27.4. The topological polar surface area (TPSA) is 161 Å². The number of nitrogens with one attached hydrogen (secondary N) is 3. The van der Waals surface area contributed by atoms with Gasteiger partial charge in [-0.1, -0.05) is 70.7 Å². The SMILES string of the molecule is Cc1ncsc1-c1ccc([C@H](C)NC(=O)[C@@H]2C[C@@H](O)CN2C(=O)[C@@H](NC(=O)CCCCCCCCNC(=O)O)C(C)(C)C)cc1. The lowest BCUT2D eigenvalue weighted by Gasteiger charge is -2.35. The maximum atomic E-state index is 13.8. The van der Waals surface area contributed by atoms with Crippen LogP contribution in [0.1, 0.15) is 96.4 Å². The van der Waals surface area contributed by atoms with Crippen LogP contribution in [-0.4, -0.2) is 75.2 Å². The van der Waals surface area contributed by atoms with Crippen LogP contribution in [0, 0.1) is 12.3 Å². The van der Waals surface area contributed by atoms with Crippen molar-refractivity contribution < 1.29 is 29.4 Å². The van der Waals surface area contributed by atoms with Crippen molar-refractivity contribution in [3.63, 3.8) is 0 Å². The van der Waals surface area contributed by atoms with E-state index in [2.05, 4.69) is 20.9 Å². The van der Waals surface area contributed by atoms with Crippen LogP contribution >= 0.6 is 11.3 Å². The van der Waals surface area contributed by atoms with E-state index in [1.54, 1.807) is 11.3 Å². The lowest BCUT2D eigenvalue weighted by molar-refractivity contribution is -0.144. The zero-order valence-electron chi connectivity index (χ0n) is 27.1. The number of unbranched alkanes of at least 4 members (excludes halogenated alkanes) is 5. The van der Waals surface area contributed by atoms with E-state index in [0.717, 1.165) is 53.8 Å². The van der Waals surface area contributed by atoms with Gasteiger partial charge in [-0.2, -0.15) is 0 Å². The van der Waals surface area contributed by atoms with Gasteiger partial charge < -0.3 is 31.1 Å². The van der Waals surface area contributed by atoms with E-state index in [-0.39, 0.29) is 43.1 Å². The summed E-state index contributed by atoms with van der Waals surface area (Å²) >= 11 is 1.58. The Kier molecular flexibility index (Phi) is 13.3. The molecule has 4 amide bonds. The van der Waals surface area contributed by atoms with Crippen LogP contribution in [0.4, 0.5) is 4.79 Å². The van der Waals surface area contributed by atoms with E-state index >= 15 is 0 Å². The van der Waals surface area contributed by atoms with E-state index in [0.29, 0.717) is 13.0 Å². The van der Waals surface area contributed by atoms with E-state index in [4.69, 9.17) is 5.11 Å². The molecule has 1 saturated heterocycles. The molecule has 0 radical (unpaired) electrons. The Balaban J connectivity index is 1.54. The largest absolute Gasteiger partial charge is 0.465 e. The standard InChI is InChI=1S/C33H49N5O6S/c1-21(23-13-15-24(16-14-23)28-22(2)35-20-45-28)36-30(41)26-18-25(39)19-38(26)31(42)29(33(3,4)5)37-27(40)12-10-8-6-7-9-11-17-34-32(43)44/h13-16,20-21,25-26,29,34,39H,6-12,17-19H2,1-5H3,(H,36,41)(H,37,40)(H,43,44)/t21-,25+,26-,29+/m0/s1. The molecule has 11 nitrogen and oxygen atoms in total. The number of aryl methyl sites for hydroxylation is 1. The predicted octanol–water partition coefficient (Wildman–Crippen LogP) is 4.79. The maximum Gasteiger partial charge on any atom is 0.404 e. The zero-order chi connectivity index (χ0) is 33.1. The van der Waals surface area contributed by atoms with Crippen molar-refractivity contribution in [2.75, 3.05) is 13.1 Å². The summed E-state index contributed by atoms with van der Waals surface area (Å²) in [4.78, 5) is 57.5. The predicted molar refractivity (Wildman–Crippen MR) is 175 cm³/mol. The molecule has 5 N–H and O–H groups in total. The number of carbonyl (C=O) groups excluding carboxylic acids is 3. The first kappa shape index (κ1) is 36.0. The van der Waals surface area contributed by atoms with Crippen LogP contribution in [0.5, 0.6) is 0 Å². The third-order valence-corrected chi connectivity index (χ3v) is 9.14. The van der Waals surface area contributed by atoms with Gasteiger partial charge >= 0.3 is 6.09 Å². The van der Waals surface area contributed by atoms with Crippen molar-refractivity contribution in [3.05, 3.63) is 41.0 Å². The third-order valence-electron chi connectivity index (χ3n) is 8.17. The number of nitrogens with zero attached hydrogens (tertiary/aromatic N) is 2. The van der Waals surface area contributed by atoms with E-state index in [9.17, 15) is 24.3 Å². The lowest BCUT2D eigenvalue weighted by Crippen LogP contribution is -2.57. The summed E-state index contributed by atoms with van der Waals surface area (Å²) < 4.78 is 0. The number of aliphatic hydroxyl groups is 1. The van der Waals surface area contributed by atoms with Crippen LogP contribution in [0.25, 0.3) is 10.4 Å². The van der Waals surface area contributed by atoms with Crippen LogP contribution < -0.4 is 16.0 Å². The van der Waals surface area contributed by atoms with Crippen molar-refractivity contribution >= 4 is 35.2 Å². The van der Waals surface area contributed by atoms with Gasteiger partial charge in [0.15, 0.2) is 0 Å². The van der Waals surface area contributed by atoms with Crippen molar-refractivity contribution in [3.8, 4) is 10.4 Å². The Morgan fingerprint density at radius 3 is 2.27 bits per heavy atom. The van der Waals surface area contributed by atoms with Crippen molar-refractivity contribution in [2.24, 2.45) is 5.41 Å². The summed E-state index contributed by atoms with van der Waals surface area (Å²) in [6.45, 7) is 9.94. The van der Waals surface area contributed by atoms with Gasteiger partial charge in [-0.3, -0.25) is 14.4 Å². The number of β-amino-alcohol motifs (C(OH)–C–C–N with tert-alkyl or cyclic N) is 1. The number of aliphatic hydroxyl groups excluding tert-OH is 1. The van der Waals surface area contributed by atoms with Crippen molar-refractivity contribution in [1.82, 2.24) is 25.8 Å². The van der Waals surface area contributed by atoms with Crippen LogP contribution in [0.15, 0.2) is 29.8 Å². The quantitative estimate of drug-likeness (QED) is 0.175. The molecule has 1 aliphatic heterocycles. The molecule has 0 saturated carbocycles. The Bertz CT molecular complexity index is 1290. The molecule has 0 spiro atoms. The Hall–Kier alpha value is -3.51. The molecular weight excluding hydrogens is 594 g/mol. The molecule has 0 bridgehead atoms. The fourth-order valence-corrected chi connectivity index (χ4v) is 6.37. The monoisotopic (exact) mass is 643 g/mol. The number of hydrogen-bond acceptors (Lipinski definition) is 7. The van der Waals surface area contributed by atoms with Crippen LogP contribution in [0.2, 0.25) is 0 Å². The molecule has 0 unspecified atom stereocenters. The van der Waals surface area contributed by atoms with Gasteiger partial charge in [-0.05, 0) is 43.2 Å². The molecule has 248 valence electrons. The zero-order valence-corrected chi connectivity index (χ0v) is 27.9. The van der Waals surface area contributed by atoms with Gasteiger partial charge in [0.25, 0.3) is 0 Å². The maximum absolute atomic E-state index is 13.8. The number of benzene rings is 1. The fourth-order valence-electron chi connectivity index (χ4n) is 5.56. The molecule has 4 atom stereocenters. The molecule has 3 rings (SSSR count). The summed E-state index contributed by atoms with van der Waals surface area (Å²) in [6, 6.07) is 5.94. The van der Waals surface area contributed by atoms with Crippen molar-refractivity contribution in [1.29, 1.82) is 0 Å². The summed E-state index contributed by atoms with van der Waals surface area (Å²) in [6.07, 6.45) is 3.72. The molecule has 1 aromatic carbocycles. The molecule has 1 aliphatic rings. The van der Waals surface area contributed by atoms with Gasteiger partial charge in [-0.25, -0.2) is 9.78 Å². The molecule has 0 aliphatic carbocycles. The highest BCUT2D eigenvalue weighted by atomic mass is 32.1. The number of hydrogen-bond donors (Lipinski definition) is 5. The van der Waals surface area contributed by atoms with E-state index in [1.807, 2.05) is 64.4 Å². The second-order valence-corrected chi connectivity index (χ2v) is 13.8. The van der Waals surface area contributed by atoms with E-state index < -0.39 is 29.7 Å². The molecule has 12 heteroatoms. The summed E-state index contributed by atoms with van der Waals surface area (Å²) in [7, 11) is 0. The first-order valence-electron chi connectivity index (χ1n) is 15.8. The first-order valence-corrected chi connectivity index (χ1v) is 16.7. The highest BCUT2D eigenvalue weighted by Crippen LogP contribution is 2.29. The lowest BCUT2D eigenvalue weighted by atomic mass is 9.85. The van der Waals surface area contributed by atoms with Crippen LogP contribution in [0.3, 0.4) is 0 Å². The average molecular weight is 644 g/mol.